The Morgan fingerprint density at radius 1 is 1.26 bits per heavy atom. The lowest BCUT2D eigenvalue weighted by atomic mass is 10.1. The van der Waals surface area contributed by atoms with Gasteiger partial charge in [-0.05, 0) is 44.8 Å². The minimum absolute atomic E-state index is 0.0859. The molecule has 0 aliphatic heterocycles. The van der Waals surface area contributed by atoms with Gasteiger partial charge in [0, 0.05) is 17.3 Å². The van der Waals surface area contributed by atoms with Crippen LogP contribution < -0.4 is 10.9 Å². The first kappa shape index (κ1) is 17.2. The molecule has 1 aromatic heterocycles. The fourth-order valence-electron chi connectivity index (χ4n) is 2.35. The molecule has 1 unspecified atom stereocenters. The maximum Gasteiger partial charge on any atom is 0.260 e. The van der Waals surface area contributed by atoms with Gasteiger partial charge < -0.3 is 15.2 Å². The number of nitrogens with one attached hydrogen (secondary N) is 2. The molecule has 122 valence electrons. The second-order valence-electron chi connectivity index (χ2n) is 5.60. The number of carbonyl (C=O) groups is 1. The van der Waals surface area contributed by atoms with Gasteiger partial charge in [0.15, 0.2) is 0 Å². The highest BCUT2D eigenvalue weighted by atomic mass is 35.5. The molecule has 1 amide bonds. The van der Waals surface area contributed by atoms with E-state index in [9.17, 15) is 9.59 Å². The molecule has 1 atom stereocenters. The Bertz CT molecular complexity index is 755. The lowest BCUT2D eigenvalue weighted by molar-refractivity contribution is 0.0940. The Labute approximate surface area is 140 Å². The number of carbonyl (C=O) groups excluding carboxylic acids is 1. The number of amides is 1. The van der Waals surface area contributed by atoms with Gasteiger partial charge in [0.25, 0.3) is 11.5 Å². The minimum atomic E-state index is -0.398. The van der Waals surface area contributed by atoms with Gasteiger partial charge >= 0.3 is 0 Å². The molecule has 0 bridgehead atoms. The van der Waals surface area contributed by atoms with Gasteiger partial charge in [-0.2, -0.15) is 0 Å². The van der Waals surface area contributed by atoms with Gasteiger partial charge in [-0.25, -0.2) is 0 Å². The van der Waals surface area contributed by atoms with Crippen molar-refractivity contribution in [1.29, 1.82) is 0 Å². The topological polar surface area (TPSA) is 65.2 Å². The summed E-state index contributed by atoms with van der Waals surface area (Å²) in [5, 5.41) is 3.45. The van der Waals surface area contributed by atoms with Crippen molar-refractivity contribution in [2.45, 2.75) is 13.0 Å². The number of rotatable bonds is 5. The molecule has 2 rings (SSSR count). The summed E-state index contributed by atoms with van der Waals surface area (Å²) in [5.74, 6) is -0.398. The number of aromatic nitrogens is 1. The first-order valence-corrected chi connectivity index (χ1v) is 7.67. The molecule has 0 radical (unpaired) electrons. The van der Waals surface area contributed by atoms with E-state index >= 15 is 0 Å². The molecule has 2 N–H and O–H groups in total. The van der Waals surface area contributed by atoms with Crippen LogP contribution in [0.5, 0.6) is 0 Å². The third-order valence-electron chi connectivity index (χ3n) is 3.64. The molecule has 6 heteroatoms. The Balaban J connectivity index is 2.15. The quantitative estimate of drug-likeness (QED) is 0.883. The van der Waals surface area contributed by atoms with Crippen molar-refractivity contribution in [3.05, 3.63) is 68.6 Å². The van der Waals surface area contributed by atoms with Crippen molar-refractivity contribution in [3.63, 3.8) is 0 Å². The first-order chi connectivity index (χ1) is 10.9. The third kappa shape index (κ3) is 4.21. The van der Waals surface area contributed by atoms with E-state index in [0.29, 0.717) is 17.3 Å². The van der Waals surface area contributed by atoms with Crippen LogP contribution in [-0.4, -0.2) is 36.4 Å². The highest BCUT2D eigenvalue weighted by Gasteiger charge is 2.19. The molecular formula is C17H20ClN3O2. The number of halogens is 1. The number of pyridine rings is 1. The Hall–Kier alpha value is -2.11. The van der Waals surface area contributed by atoms with Crippen LogP contribution in [0.3, 0.4) is 0 Å². The van der Waals surface area contributed by atoms with Crippen molar-refractivity contribution < 1.29 is 4.79 Å². The lowest BCUT2D eigenvalue weighted by Crippen LogP contribution is -2.36. The lowest BCUT2D eigenvalue weighted by Gasteiger charge is -2.25. The van der Waals surface area contributed by atoms with Crippen LogP contribution in [0.2, 0.25) is 5.02 Å². The van der Waals surface area contributed by atoms with Crippen molar-refractivity contribution >= 4 is 17.5 Å². The Kier molecular flexibility index (Phi) is 5.58. The van der Waals surface area contributed by atoms with E-state index in [-0.39, 0.29) is 17.2 Å². The van der Waals surface area contributed by atoms with Gasteiger partial charge in [0.2, 0.25) is 0 Å². The Morgan fingerprint density at radius 2 is 1.96 bits per heavy atom. The van der Waals surface area contributed by atoms with Crippen LogP contribution in [0.25, 0.3) is 0 Å². The predicted molar refractivity (Wildman–Crippen MR) is 92.0 cm³/mol. The molecular weight excluding hydrogens is 314 g/mol. The standard InChI is InChI=1S/C17H20ClN3O2/c1-11-8-9-13(17(23)20-11)16(22)19-10-15(21(2)3)12-6-4-5-7-14(12)18/h4-9,15H,10H2,1-3H3,(H,19,22)(H,20,23). The summed E-state index contributed by atoms with van der Waals surface area (Å²) in [5.41, 5.74) is 1.36. The van der Waals surface area contributed by atoms with Crippen LogP contribution in [0.4, 0.5) is 0 Å². The fourth-order valence-corrected chi connectivity index (χ4v) is 2.61. The molecule has 0 saturated carbocycles. The molecule has 0 spiro atoms. The zero-order valence-electron chi connectivity index (χ0n) is 13.4. The number of hydrogen-bond donors (Lipinski definition) is 2. The highest BCUT2D eigenvalue weighted by Crippen LogP contribution is 2.25. The van der Waals surface area contributed by atoms with E-state index < -0.39 is 5.91 Å². The Morgan fingerprint density at radius 3 is 2.57 bits per heavy atom. The number of hydrogen-bond acceptors (Lipinski definition) is 3. The molecule has 5 nitrogen and oxygen atoms in total. The fraction of sp³-hybridized carbons (Fsp3) is 0.294. The number of H-pyrrole nitrogens is 1. The monoisotopic (exact) mass is 333 g/mol. The minimum Gasteiger partial charge on any atom is -0.350 e. The average Bonchev–Trinajstić information content (AvgIpc) is 2.48. The number of nitrogens with zero attached hydrogens (tertiary/aromatic N) is 1. The van der Waals surface area contributed by atoms with E-state index in [1.807, 2.05) is 43.3 Å². The van der Waals surface area contributed by atoms with Gasteiger partial charge in [-0.3, -0.25) is 9.59 Å². The molecule has 0 saturated heterocycles. The SMILES string of the molecule is Cc1ccc(C(=O)NCC(c2ccccc2Cl)N(C)C)c(=O)[nH]1. The summed E-state index contributed by atoms with van der Waals surface area (Å²) in [7, 11) is 3.83. The second kappa shape index (κ2) is 7.44. The number of aryl methyl sites for hydroxylation is 1. The van der Waals surface area contributed by atoms with Gasteiger partial charge in [-0.15, -0.1) is 0 Å². The van der Waals surface area contributed by atoms with Gasteiger partial charge in [0.05, 0.1) is 6.04 Å². The molecule has 0 aliphatic carbocycles. The number of aromatic amines is 1. The van der Waals surface area contributed by atoms with E-state index in [0.717, 1.165) is 5.56 Å². The molecule has 23 heavy (non-hydrogen) atoms. The van der Waals surface area contributed by atoms with E-state index in [1.165, 1.54) is 6.07 Å². The average molecular weight is 334 g/mol. The largest absolute Gasteiger partial charge is 0.350 e. The summed E-state index contributed by atoms with van der Waals surface area (Å²) in [6.45, 7) is 2.12. The van der Waals surface area contributed by atoms with Crippen LogP contribution >= 0.6 is 11.6 Å². The summed E-state index contributed by atoms with van der Waals surface area (Å²) < 4.78 is 0. The predicted octanol–water partition coefficient (Wildman–Crippen LogP) is 2.37. The molecule has 1 aromatic carbocycles. The van der Waals surface area contributed by atoms with Crippen molar-refractivity contribution in [1.82, 2.24) is 15.2 Å². The van der Waals surface area contributed by atoms with E-state index in [4.69, 9.17) is 11.6 Å². The van der Waals surface area contributed by atoms with Crippen molar-refractivity contribution in [3.8, 4) is 0 Å². The van der Waals surface area contributed by atoms with Gasteiger partial charge in [-0.1, -0.05) is 29.8 Å². The first-order valence-electron chi connectivity index (χ1n) is 7.29. The van der Waals surface area contributed by atoms with E-state index in [1.54, 1.807) is 13.0 Å². The summed E-state index contributed by atoms with van der Waals surface area (Å²) in [4.78, 5) is 28.7. The van der Waals surface area contributed by atoms with Crippen LogP contribution in [0.15, 0.2) is 41.2 Å². The smallest absolute Gasteiger partial charge is 0.260 e. The van der Waals surface area contributed by atoms with Crippen LogP contribution in [0.1, 0.15) is 27.7 Å². The second-order valence-corrected chi connectivity index (χ2v) is 6.00. The molecule has 0 fully saturated rings. The summed E-state index contributed by atoms with van der Waals surface area (Å²) >= 11 is 6.24. The zero-order valence-corrected chi connectivity index (χ0v) is 14.1. The van der Waals surface area contributed by atoms with Crippen LogP contribution in [-0.2, 0) is 0 Å². The highest BCUT2D eigenvalue weighted by molar-refractivity contribution is 6.31. The number of benzene rings is 1. The maximum absolute atomic E-state index is 12.2. The van der Waals surface area contributed by atoms with E-state index in [2.05, 4.69) is 10.3 Å². The van der Waals surface area contributed by atoms with Crippen molar-refractivity contribution in [2.24, 2.45) is 0 Å². The van der Waals surface area contributed by atoms with Crippen LogP contribution in [0, 0.1) is 6.92 Å². The zero-order chi connectivity index (χ0) is 17.0. The van der Waals surface area contributed by atoms with Crippen molar-refractivity contribution in [2.75, 3.05) is 20.6 Å². The summed E-state index contributed by atoms with van der Waals surface area (Å²) in [6, 6.07) is 10.7. The third-order valence-corrected chi connectivity index (χ3v) is 3.99. The number of likely N-dealkylation sites (N-methyl/N-ethyl adjacent to an activating group) is 1. The van der Waals surface area contributed by atoms with Gasteiger partial charge in [0.1, 0.15) is 5.56 Å². The normalized spacial score (nSPS) is 12.2. The summed E-state index contributed by atoms with van der Waals surface area (Å²) in [6.07, 6.45) is 0. The molecule has 0 aliphatic rings. The molecule has 1 heterocycles. The maximum atomic E-state index is 12.2. The molecule has 2 aromatic rings.